The molecule has 0 fully saturated rings. The molecular weight excluding hydrogens is 231 g/mol. The summed E-state index contributed by atoms with van der Waals surface area (Å²) in [6.07, 6.45) is 4.49. The first-order chi connectivity index (χ1) is 7.47. The number of sulfone groups is 1. The lowest BCUT2D eigenvalue weighted by molar-refractivity contribution is 0.593. The molecule has 0 unspecified atom stereocenters. The number of rotatable bonds is 6. The van der Waals surface area contributed by atoms with Gasteiger partial charge in [0, 0.05) is 19.0 Å². The van der Waals surface area contributed by atoms with Gasteiger partial charge in [-0.3, -0.25) is 4.98 Å². The maximum atomic E-state index is 12.7. The van der Waals surface area contributed by atoms with Gasteiger partial charge in [0.1, 0.15) is 15.7 Å². The Hall–Kier alpha value is -1.01. The Bertz CT molecular complexity index is 434. The summed E-state index contributed by atoms with van der Waals surface area (Å²) in [5, 5.41) is 3.03. The molecule has 1 rings (SSSR count). The second-order valence-electron chi connectivity index (χ2n) is 3.67. The fraction of sp³-hybridized carbons (Fsp3) is 0.500. The first-order valence-electron chi connectivity index (χ1n) is 4.95. The summed E-state index contributed by atoms with van der Waals surface area (Å²) < 4.78 is 34.4. The number of pyridine rings is 1. The summed E-state index contributed by atoms with van der Waals surface area (Å²) >= 11 is 0. The average Bonchev–Trinajstić information content (AvgIpc) is 2.15. The van der Waals surface area contributed by atoms with Crippen molar-refractivity contribution in [1.29, 1.82) is 0 Å². The van der Waals surface area contributed by atoms with Crippen LogP contribution in [0.1, 0.15) is 12.0 Å². The van der Waals surface area contributed by atoms with E-state index in [9.17, 15) is 12.8 Å². The van der Waals surface area contributed by atoms with Gasteiger partial charge in [-0.2, -0.15) is 0 Å². The van der Waals surface area contributed by atoms with Crippen LogP contribution in [0.5, 0.6) is 0 Å². The standard InChI is InChI=1S/C10H15FN2O2S/c1-16(14,15)4-2-3-12-6-9-5-10(11)8-13-7-9/h5,7-8,12H,2-4,6H2,1H3. The predicted octanol–water partition coefficient (Wildman–Crippen LogP) is 0.745. The van der Waals surface area contributed by atoms with Crippen molar-refractivity contribution in [3.63, 3.8) is 0 Å². The maximum absolute atomic E-state index is 12.7. The number of aromatic nitrogens is 1. The van der Waals surface area contributed by atoms with E-state index in [1.165, 1.54) is 12.3 Å². The van der Waals surface area contributed by atoms with E-state index >= 15 is 0 Å². The Kier molecular flexibility index (Phi) is 4.82. The van der Waals surface area contributed by atoms with Crippen molar-refractivity contribution < 1.29 is 12.8 Å². The molecule has 4 nitrogen and oxygen atoms in total. The molecule has 1 heterocycles. The first kappa shape index (κ1) is 13.1. The highest BCUT2D eigenvalue weighted by molar-refractivity contribution is 7.90. The number of hydrogen-bond donors (Lipinski definition) is 1. The molecular formula is C10H15FN2O2S. The zero-order chi connectivity index (χ0) is 12.0. The molecule has 1 aromatic heterocycles. The van der Waals surface area contributed by atoms with Crippen LogP contribution in [0.3, 0.4) is 0 Å². The van der Waals surface area contributed by atoms with E-state index in [0.717, 1.165) is 11.8 Å². The predicted molar refractivity (Wildman–Crippen MR) is 60.2 cm³/mol. The van der Waals surface area contributed by atoms with Crippen molar-refractivity contribution in [3.8, 4) is 0 Å². The minimum atomic E-state index is -2.89. The SMILES string of the molecule is CS(=O)(=O)CCCNCc1cncc(F)c1. The van der Waals surface area contributed by atoms with Gasteiger partial charge in [-0.15, -0.1) is 0 Å². The van der Waals surface area contributed by atoms with Gasteiger partial charge in [-0.1, -0.05) is 0 Å². The number of halogens is 1. The van der Waals surface area contributed by atoms with Crippen LogP contribution in [0.15, 0.2) is 18.5 Å². The quantitative estimate of drug-likeness (QED) is 0.752. The van der Waals surface area contributed by atoms with Gasteiger partial charge in [0.2, 0.25) is 0 Å². The molecule has 90 valence electrons. The van der Waals surface area contributed by atoms with E-state index in [2.05, 4.69) is 10.3 Å². The molecule has 1 N–H and O–H groups in total. The first-order valence-corrected chi connectivity index (χ1v) is 7.01. The number of nitrogens with one attached hydrogen (secondary N) is 1. The molecule has 6 heteroatoms. The summed E-state index contributed by atoms with van der Waals surface area (Å²) in [6, 6.07) is 1.40. The Morgan fingerprint density at radius 2 is 2.19 bits per heavy atom. The van der Waals surface area contributed by atoms with Crippen LogP contribution in [0.2, 0.25) is 0 Å². The topological polar surface area (TPSA) is 59.1 Å². The molecule has 0 bridgehead atoms. The van der Waals surface area contributed by atoms with E-state index < -0.39 is 9.84 Å². The molecule has 0 aliphatic heterocycles. The number of nitrogens with zero attached hydrogens (tertiary/aromatic N) is 1. The lowest BCUT2D eigenvalue weighted by Crippen LogP contribution is -2.18. The van der Waals surface area contributed by atoms with Gasteiger partial charge in [0.15, 0.2) is 0 Å². The van der Waals surface area contributed by atoms with Gasteiger partial charge < -0.3 is 5.32 Å². The van der Waals surface area contributed by atoms with Crippen LogP contribution in [0.4, 0.5) is 4.39 Å². The monoisotopic (exact) mass is 246 g/mol. The molecule has 0 atom stereocenters. The number of hydrogen-bond acceptors (Lipinski definition) is 4. The van der Waals surface area contributed by atoms with Crippen molar-refractivity contribution in [2.24, 2.45) is 0 Å². The summed E-state index contributed by atoms with van der Waals surface area (Å²) in [4.78, 5) is 3.71. The average molecular weight is 246 g/mol. The molecule has 0 aliphatic carbocycles. The molecule has 0 aromatic carbocycles. The molecule has 0 aliphatic rings. The third-order valence-corrected chi connectivity index (χ3v) is 2.99. The van der Waals surface area contributed by atoms with Gasteiger partial charge in [-0.05, 0) is 24.6 Å². The highest BCUT2D eigenvalue weighted by Gasteiger charge is 2.01. The van der Waals surface area contributed by atoms with Crippen LogP contribution in [0.25, 0.3) is 0 Å². The van der Waals surface area contributed by atoms with Crippen LogP contribution in [-0.2, 0) is 16.4 Å². The Morgan fingerprint density at radius 1 is 1.44 bits per heavy atom. The third kappa shape index (κ3) is 5.77. The van der Waals surface area contributed by atoms with Crippen molar-refractivity contribution in [2.45, 2.75) is 13.0 Å². The Labute approximate surface area is 94.8 Å². The highest BCUT2D eigenvalue weighted by Crippen LogP contribution is 1.99. The summed E-state index contributed by atoms with van der Waals surface area (Å²) in [7, 11) is -2.89. The molecule has 16 heavy (non-hydrogen) atoms. The van der Waals surface area contributed by atoms with Gasteiger partial charge in [0.25, 0.3) is 0 Å². The summed E-state index contributed by atoms with van der Waals surface area (Å²) in [5.41, 5.74) is 0.749. The summed E-state index contributed by atoms with van der Waals surface area (Å²) in [5.74, 6) is -0.197. The lowest BCUT2D eigenvalue weighted by Gasteiger charge is -2.03. The second kappa shape index (κ2) is 5.91. The van der Waals surface area contributed by atoms with Crippen LogP contribution < -0.4 is 5.32 Å². The maximum Gasteiger partial charge on any atom is 0.147 e. The van der Waals surface area contributed by atoms with Crippen molar-refractivity contribution in [2.75, 3.05) is 18.6 Å². The zero-order valence-electron chi connectivity index (χ0n) is 9.11. The Balaban J connectivity index is 2.21. The van der Waals surface area contributed by atoms with Crippen LogP contribution in [0, 0.1) is 5.82 Å². The largest absolute Gasteiger partial charge is 0.313 e. The zero-order valence-corrected chi connectivity index (χ0v) is 9.93. The fourth-order valence-corrected chi connectivity index (χ4v) is 1.91. The van der Waals surface area contributed by atoms with Crippen molar-refractivity contribution in [1.82, 2.24) is 10.3 Å². The molecule has 0 spiro atoms. The summed E-state index contributed by atoms with van der Waals surface area (Å²) in [6.45, 7) is 1.08. The third-order valence-electron chi connectivity index (χ3n) is 1.96. The van der Waals surface area contributed by atoms with E-state index in [1.807, 2.05) is 0 Å². The fourth-order valence-electron chi connectivity index (χ4n) is 1.24. The van der Waals surface area contributed by atoms with Gasteiger partial charge >= 0.3 is 0 Å². The molecule has 0 saturated carbocycles. The van der Waals surface area contributed by atoms with Crippen LogP contribution in [-0.4, -0.2) is 32.0 Å². The highest BCUT2D eigenvalue weighted by atomic mass is 32.2. The van der Waals surface area contributed by atoms with Crippen LogP contribution >= 0.6 is 0 Å². The molecule has 0 radical (unpaired) electrons. The van der Waals surface area contributed by atoms with Gasteiger partial charge in [-0.25, -0.2) is 12.8 Å². The van der Waals surface area contributed by atoms with Crippen molar-refractivity contribution >= 4 is 9.84 Å². The normalized spacial score (nSPS) is 11.6. The van der Waals surface area contributed by atoms with E-state index in [0.29, 0.717) is 19.5 Å². The minimum absolute atomic E-state index is 0.168. The van der Waals surface area contributed by atoms with Crippen molar-refractivity contribution in [3.05, 3.63) is 29.8 Å². The lowest BCUT2D eigenvalue weighted by atomic mass is 10.3. The second-order valence-corrected chi connectivity index (χ2v) is 5.93. The molecule has 0 saturated heterocycles. The molecule has 0 amide bonds. The Morgan fingerprint density at radius 3 is 2.81 bits per heavy atom. The van der Waals surface area contributed by atoms with E-state index in [1.54, 1.807) is 6.20 Å². The molecule has 1 aromatic rings. The van der Waals surface area contributed by atoms with Gasteiger partial charge in [0.05, 0.1) is 11.9 Å². The smallest absolute Gasteiger partial charge is 0.147 e. The van der Waals surface area contributed by atoms with E-state index in [4.69, 9.17) is 0 Å². The minimum Gasteiger partial charge on any atom is -0.313 e. The van der Waals surface area contributed by atoms with E-state index in [-0.39, 0.29) is 11.6 Å².